The summed E-state index contributed by atoms with van der Waals surface area (Å²) < 4.78 is 35.2. The number of halogens is 1. The Labute approximate surface area is 163 Å². The standard InChI is InChI=1S/C18H29BrO7/c1-6-7-8-10(19)15(20)22-13-12(11-9-21-17(2,3)24-11)23-16-14(13)25-18(4,5)26-16/h10-14,16H,6-9H2,1-5H3/t10?,11-,12-,13+,14-,16-/m1/s1. The van der Waals surface area contributed by atoms with Crippen LogP contribution in [-0.2, 0) is 33.2 Å². The fourth-order valence-electron chi connectivity index (χ4n) is 3.52. The first-order chi connectivity index (χ1) is 12.1. The first kappa shape index (κ1) is 20.5. The first-order valence-electron chi connectivity index (χ1n) is 9.29. The van der Waals surface area contributed by atoms with E-state index in [4.69, 9.17) is 28.4 Å². The quantitative estimate of drug-likeness (QED) is 0.468. The Hall–Kier alpha value is -0.250. The van der Waals surface area contributed by atoms with Gasteiger partial charge in [-0.25, -0.2) is 0 Å². The fourth-order valence-corrected chi connectivity index (χ4v) is 3.96. The molecule has 0 spiro atoms. The van der Waals surface area contributed by atoms with Gasteiger partial charge in [-0.2, -0.15) is 0 Å². The molecule has 7 nitrogen and oxygen atoms in total. The molecule has 3 rings (SSSR count). The molecule has 0 aromatic carbocycles. The smallest absolute Gasteiger partial charge is 0.320 e. The van der Waals surface area contributed by atoms with Gasteiger partial charge >= 0.3 is 5.97 Å². The highest BCUT2D eigenvalue weighted by Gasteiger charge is 2.60. The van der Waals surface area contributed by atoms with Crippen molar-refractivity contribution in [3.63, 3.8) is 0 Å². The van der Waals surface area contributed by atoms with Crippen molar-refractivity contribution in [2.24, 2.45) is 0 Å². The summed E-state index contributed by atoms with van der Waals surface area (Å²) in [5.41, 5.74) is 0. The molecular formula is C18H29BrO7. The van der Waals surface area contributed by atoms with Crippen molar-refractivity contribution >= 4 is 21.9 Å². The Kier molecular flexibility index (Phi) is 6.02. The summed E-state index contributed by atoms with van der Waals surface area (Å²) in [7, 11) is 0. The van der Waals surface area contributed by atoms with E-state index in [1.165, 1.54) is 0 Å². The van der Waals surface area contributed by atoms with E-state index in [2.05, 4.69) is 22.9 Å². The topological polar surface area (TPSA) is 72.5 Å². The number of fused-ring (bicyclic) bond motifs is 1. The highest BCUT2D eigenvalue weighted by Crippen LogP contribution is 2.42. The minimum Gasteiger partial charge on any atom is -0.456 e. The van der Waals surface area contributed by atoms with Crippen LogP contribution in [-0.4, -0.2) is 59.7 Å². The molecule has 3 heterocycles. The molecule has 0 aromatic rings. The number of ether oxygens (including phenoxy) is 6. The maximum absolute atomic E-state index is 12.5. The number of hydrogen-bond donors (Lipinski definition) is 0. The van der Waals surface area contributed by atoms with Gasteiger partial charge in [-0.15, -0.1) is 0 Å². The maximum Gasteiger partial charge on any atom is 0.320 e. The van der Waals surface area contributed by atoms with Gasteiger partial charge in [0, 0.05) is 0 Å². The lowest BCUT2D eigenvalue weighted by molar-refractivity contribution is -0.235. The molecule has 3 aliphatic rings. The molecule has 0 aromatic heterocycles. The van der Waals surface area contributed by atoms with E-state index < -0.39 is 36.2 Å². The summed E-state index contributed by atoms with van der Waals surface area (Å²) >= 11 is 3.42. The van der Waals surface area contributed by atoms with Crippen molar-refractivity contribution in [2.75, 3.05) is 6.61 Å². The summed E-state index contributed by atoms with van der Waals surface area (Å²) in [6, 6.07) is 0. The number of carbonyl (C=O) groups excluding carboxylic acids is 1. The average molecular weight is 437 g/mol. The van der Waals surface area contributed by atoms with E-state index in [0.29, 0.717) is 6.61 Å². The molecule has 0 radical (unpaired) electrons. The van der Waals surface area contributed by atoms with Crippen molar-refractivity contribution in [3.05, 3.63) is 0 Å². The fraction of sp³-hybridized carbons (Fsp3) is 0.944. The summed E-state index contributed by atoms with van der Waals surface area (Å²) in [5.74, 6) is -1.79. The molecule has 0 amide bonds. The van der Waals surface area contributed by atoms with E-state index in [1.54, 1.807) is 0 Å². The number of rotatable bonds is 6. The molecule has 3 aliphatic heterocycles. The minimum absolute atomic E-state index is 0.316. The Bertz CT molecular complexity index is 524. The SMILES string of the molecule is CCCCC(Br)C(=O)O[C@@H]1[C@H]2OC(C)(C)O[C@H]2O[C@@H]1[C@H]1COC(C)(C)O1. The zero-order valence-corrected chi connectivity index (χ0v) is 17.6. The van der Waals surface area contributed by atoms with Crippen molar-refractivity contribution in [1.29, 1.82) is 0 Å². The van der Waals surface area contributed by atoms with Crippen LogP contribution in [0.15, 0.2) is 0 Å². The van der Waals surface area contributed by atoms with Crippen LogP contribution < -0.4 is 0 Å². The van der Waals surface area contributed by atoms with Gasteiger partial charge in [0.25, 0.3) is 0 Å². The highest BCUT2D eigenvalue weighted by atomic mass is 79.9. The third-order valence-corrected chi connectivity index (χ3v) is 5.57. The van der Waals surface area contributed by atoms with E-state index in [9.17, 15) is 4.79 Å². The molecule has 1 unspecified atom stereocenters. The highest BCUT2D eigenvalue weighted by molar-refractivity contribution is 9.10. The number of hydrogen-bond acceptors (Lipinski definition) is 7. The third kappa shape index (κ3) is 4.42. The molecule has 150 valence electrons. The lowest BCUT2D eigenvalue weighted by atomic mass is 10.1. The van der Waals surface area contributed by atoms with Gasteiger partial charge in [0.15, 0.2) is 30.1 Å². The Balaban J connectivity index is 1.71. The molecule has 6 atom stereocenters. The van der Waals surface area contributed by atoms with Gasteiger partial charge in [0.05, 0.1) is 6.61 Å². The van der Waals surface area contributed by atoms with Crippen molar-refractivity contribution in [2.45, 2.75) is 101 Å². The van der Waals surface area contributed by atoms with Gasteiger partial charge in [-0.3, -0.25) is 4.79 Å². The lowest BCUT2D eigenvalue weighted by Crippen LogP contribution is -2.46. The zero-order chi connectivity index (χ0) is 19.1. The Morgan fingerprint density at radius 3 is 2.50 bits per heavy atom. The largest absolute Gasteiger partial charge is 0.456 e. The van der Waals surface area contributed by atoms with E-state index in [-0.39, 0.29) is 16.9 Å². The molecule has 3 saturated heterocycles. The molecular weight excluding hydrogens is 408 g/mol. The number of unbranched alkanes of at least 4 members (excludes halogenated alkanes) is 1. The maximum atomic E-state index is 12.5. The Morgan fingerprint density at radius 1 is 1.15 bits per heavy atom. The minimum atomic E-state index is -0.784. The molecule has 3 fully saturated rings. The molecule has 0 aliphatic carbocycles. The number of esters is 1. The second-order valence-electron chi connectivity index (χ2n) is 7.95. The lowest BCUT2D eigenvalue weighted by Gasteiger charge is -2.29. The van der Waals surface area contributed by atoms with Crippen LogP contribution >= 0.6 is 15.9 Å². The molecule has 0 bridgehead atoms. The van der Waals surface area contributed by atoms with Gasteiger partial charge in [-0.05, 0) is 34.1 Å². The van der Waals surface area contributed by atoms with Crippen LogP contribution in [0.1, 0.15) is 53.9 Å². The van der Waals surface area contributed by atoms with E-state index >= 15 is 0 Å². The summed E-state index contributed by atoms with van der Waals surface area (Å²) in [6.07, 6.45) is 0.136. The van der Waals surface area contributed by atoms with E-state index in [0.717, 1.165) is 19.3 Å². The first-order valence-corrected chi connectivity index (χ1v) is 10.2. The monoisotopic (exact) mass is 436 g/mol. The van der Waals surface area contributed by atoms with Crippen LogP contribution in [0.25, 0.3) is 0 Å². The molecule has 26 heavy (non-hydrogen) atoms. The predicted molar refractivity (Wildman–Crippen MR) is 95.7 cm³/mol. The Morgan fingerprint density at radius 2 is 1.88 bits per heavy atom. The summed E-state index contributed by atoms with van der Waals surface area (Å²) in [5, 5.41) is 0. The van der Waals surface area contributed by atoms with Crippen LogP contribution in [0.3, 0.4) is 0 Å². The van der Waals surface area contributed by atoms with E-state index in [1.807, 2.05) is 27.7 Å². The second-order valence-corrected chi connectivity index (χ2v) is 9.05. The van der Waals surface area contributed by atoms with Crippen molar-refractivity contribution in [1.82, 2.24) is 0 Å². The van der Waals surface area contributed by atoms with Crippen LogP contribution in [0, 0.1) is 0 Å². The third-order valence-electron chi connectivity index (χ3n) is 4.74. The van der Waals surface area contributed by atoms with Gasteiger partial charge in [0.1, 0.15) is 17.0 Å². The summed E-state index contributed by atoms with van der Waals surface area (Å²) in [4.78, 5) is 12.2. The van der Waals surface area contributed by atoms with Gasteiger partial charge in [0.2, 0.25) is 0 Å². The predicted octanol–water partition coefficient (Wildman–Crippen LogP) is 2.88. The average Bonchev–Trinajstić information content (AvgIpc) is 3.15. The van der Waals surface area contributed by atoms with Gasteiger partial charge in [-0.1, -0.05) is 35.7 Å². The molecule has 8 heteroatoms. The van der Waals surface area contributed by atoms with Crippen molar-refractivity contribution in [3.8, 4) is 0 Å². The zero-order valence-electron chi connectivity index (χ0n) is 16.0. The molecule has 0 saturated carbocycles. The summed E-state index contributed by atoms with van der Waals surface area (Å²) in [6.45, 7) is 9.77. The number of alkyl halides is 1. The van der Waals surface area contributed by atoms with Crippen molar-refractivity contribution < 1.29 is 33.2 Å². The van der Waals surface area contributed by atoms with Crippen LogP contribution in [0.5, 0.6) is 0 Å². The number of carbonyl (C=O) groups is 1. The second kappa shape index (κ2) is 7.64. The molecule has 0 N–H and O–H groups in total. The normalized spacial score (nSPS) is 38.9. The van der Waals surface area contributed by atoms with Crippen LogP contribution in [0.2, 0.25) is 0 Å². The van der Waals surface area contributed by atoms with Crippen LogP contribution in [0.4, 0.5) is 0 Å². The van der Waals surface area contributed by atoms with Gasteiger partial charge < -0.3 is 28.4 Å².